The van der Waals surface area contributed by atoms with Crippen molar-refractivity contribution in [3.05, 3.63) is 0 Å². The number of rotatable bonds is 16. The average Bonchev–Trinajstić information content (AvgIpc) is 2.59. The average molecular weight is 335 g/mol. The third-order valence-electron chi connectivity index (χ3n) is 5.40. The van der Waals surface area contributed by atoms with Gasteiger partial charge in [0.2, 0.25) is 0 Å². The predicted octanol–water partition coefficient (Wildman–Crippen LogP) is 8.54. The number of hydrogen-bond donors (Lipinski definition) is 0. The first-order chi connectivity index (χ1) is 11.7. The zero-order valence-electron chi connectivity index (χ0n) is 17.5. The van der Waals surface area contributed by atoms with Crippen molar-refractivity contribution in [1.29, 1.82) is 0 Å². The van der Waals surface area contributed by atoms with Gasteiger partial charge in [0.1, 0.15) is 0 Å². The van der Waals surface area contributed by atoms with Gasteiger partial charge in [-0.05, 0) is 24.7 Å². The number of hydrogen-bond acceptors (Lipinski definition) is 0. The first kappa shape index (κ1) is 23.6. The standard InChI is InChI=1S/C24H46/c1-5-8-10-17-21-24(7-3)22-18-14-12-11-13-16-20-23(4)19-15-9-6-2/h23-24H,5-11,13,15-22H2,1-4H3. The summed E-state index contributed by atoms with van der Waals surface area (Å²) in [5.74, 6) is 8.68. The van der Waals surface area contributed by atoms with E-state index in [0.717, 1.165) is 24.7 Å². The molecule has 0 rings (SSSR count). The molecule has 0 aliphatic rings. The molecule has 0 aliphatic carbocycles. The first-order valence-corrected chi connectivity index (χ1v) is 11.2. The molecule has 0 fully saturated rings. The van der Waals surface area contributed by atoms with E-state index in [0.29, 0.717) is 0 Å². The summed E-state index contributed by atoms with van der Waals surface area (Å²) in [4.78, 5) is 0. The van der Waals surface area contributed by atoms with E-state index in [2.05, 4.69) is 39.5 Å². The third kappa shape index (κ3) is 16.4. The molecule has 0 nitrogen and oxygen atoms in total. The second-order valence-electron chi connectivity index (χ2n) is 7.86. The summed E-state index contributed by atoms with van der Waals surface area (Å²) < 4.78 is 0. The Morgan fingerprint density at radius 2 is 1.17 bits per heavy atom. The maximum absolute atomic E-state index is 3.43. The molecule has 0 radical (unpaired) electrons. The molecule has 0 saturated carbocycles. The van der Waals surface area contributed by atoms with E-state index >= 15 is 0 Å². The molecule has 142 valence electrons. The largest absolute Gasteiger partial charge is 0.103 e. The summed E-state index contributed by atoms with van der Waals surface area (Å²) in [5.41, 5.74) is 0. The van der Waals surface area contributed by atoms with Gasteiger partial charge in [-0.3, -0.25) is 0 Å². The highest BCUT2D eigenvalue weighted by Gasteiger charge is 2.04. The van der Waals surface area contributed by atoms with Crippen molar-refractivity contribution in [3.8, 4) is 11.8 Å². The van der Waals surface area contributed by atoms with Crippen LogP contribution in [0.25, 0.3) is 0 Å². The highest BCUT2D eigenvalue weighted by atomic mass is 14.1. The lowest BCUT2D eigenvalue weighted by Crippen LogP contribution is -1.98. The fourth-order valence-electron chi connectivity index (χ4n) is 3.46. The first-order valence-electron chi connectivity index (χ1n) is 11.2. The van der Waals surface area contributed by atoms with E-state index in [4.69, 9.17) is 0 Å². The van der Waals surface area contributed by atoms with Crippen molar-refractivity contribution in [2.75, 3.05) is 0 Å². The Morgan fingerprint density at radius 1 is 0.583 bits per heavy atom. The zero-order chi connectivity index (χ0) is 17.9. The fourth-order valence-corrected chi connectivity index (χ4v) is 3.46. The van der Waals surface area contributed by atoms with Crippen LogP contribution in [0.15, 0.2) is 0 Å². The van der Waals surface area contributed by atoms with Crippen LogP contribution in [-0.4, -0.2) is 0 Å². The maximum Gasteiger partial charge on any atom is 0.00913 e. The topological polar surface area (TPSA) is 0 Å². The monoisotopic (exact) mass is 334 g/mol. The van der Waals surface area contributed by atoms with Crippen LogP contribution in [0.5, 0.6) is 0 Å². The molecule has 0 aromatic carbocycles. The molecule has 0 aromatic heterocycles. The van der Waals surface area contributed by atoms with E-state index < -0.39 is 0 Å². The van der Waals surface area contributed by atoms with Crippen molar-refractivity contribution in [3.63, 3.8) is 0 Å². The van der Waals surface area contributed by atoms with E-state index in [9.17, 15) is 0 Å². The van der Waals surface area contributed by atoms with Gasteiger partial charge >= 0.3 is 0 Å². The van der Waals surface area contributed by atoms with Gasteiger partial charge in [-0.25, -0.2) is 0 Å². The Bertz CT molecular complexity index is 293. The molecule has 2 unspecified atom stereocenters. The Balaban J connectivity index is 3.51. The molecule has 0 spiro atoms. The summed E-state index contributed by atoms with van der Waals surface area (Å²) in [5, 5.41) is 0. The minimum Gasteiger partial charge on any atom is -0.103 e. The normalized spacial score (nSPS) is 13.3. The second-order valence-corrected chi connectivity index (χ2v) is 7.86. The van der Waals surface area contributed by atoms with Gasteiger partial charge in [0, 0.05) is 12.8 Å². The molecular weight excluding hydrogens is 288 g/mol. The summed E-state index contributed by atoms with van der Waals surface area (Å²) in [6.45, 7) is 9.35. The molecule has 0 heterocycles. The highest BCUT2D eigenvalue weighted by Crippen LogP contribution is 2.19. The van der Waals surface area contributed by atoms with E-state index in [-0.39, 0.29) is 0 Å². The lowest BCUT2D eigenvalue weighted by molar-refractivity contribution is 0.419. The van der Waals surface area contributed by atoms with Crippen LogP contribution < -0.4 is 0 Å². The van der Waals surface area contributed by atoms with Crippen molar-refractivity contribution < 1.29 is 0 Å². The zero-order valence-corrected chi connectivity index (χ0v) is 17.5. The Kier molecular flexibility index (Phi) is 18.5. The highest BCUT2D eigenvalue weighted by molar-refractivity contribution is 4.98. The molecule has 0 heteroatoms. The van der Waals surface area contributed by atoms with Crippen molar-refractivity contribution in [1.82, 2.24) is 0 Å². The Hall–Kier alpha value is -0.440. The maximum atomic E-state index is 3.43. The summed E-state index contributed by atoms with van der Waals surface area (Å²) in [6.07, 6.45) is 21.6. The van der Waals surface area contributed by atoms with Crippen LogP contribution >= 0.6 is 0 Å². The van der Waals surface area contributed by atoms with Crippen LogP contribution in [0.2, 0.25) is 0 Å². The van der Waals surface area contributed by atoms with Crippen LogP contribution in [0.3, 0.4) is 0 Å². The smallest absolute Gasteiger partial charge is 0.00913 e. The van der Waals surface area contributed by atoms with Gasteiger partial charge < -0.3 is 0 Å². The molecule has 0 amide bonds. The Labute approximate surface area is 154 Å². The lowest BCUT2D eigenvalue weighted by atomic mass is 9.93. The molecule has 0 aliphatic heterocycles. The van der Waals surface area contributed by atoms with Gasteiger partial charge in [0.05, 0.1) is 0 Å². The summed E-state index contributed by atoms with van der Waals surface area (Å²) in [6, 6.07) is 0. The van der Waals surface area contributed by atoms with Crippen molar-refractivity contribution in [2.45, 2.75) is 130 Å². The SMILES string of the molecule is CCCCCCC(CC)CCC#CCCCCC(C)CCCCC. The van der Waals surface area contributed by atoms with Gasteiger partial charge in [0.25, 0.3) is 0 Å². The van der Waals surface area contributed by atoms with Crippen molar-refractivity contribution in [2.24, 2.45) is 11.8 Å². The quantitative estimate of drug-likeness (QED) is 0.196. The molecule has 24 heavy (non-hydrogen) atoms. The number of unbranched alkanes of at least 4 members (excludes halogenated alkanes) is 7. The van der Waals surface area contributed by atoms with Gasteiger partial charge in [0.15, 0.2) is 0 Å². The molecule has 0 bridgehead atoms. The summed E-state index contributed by atoms with van der Waals surface area (Å²) in [7, 11) is 0. The van der Waals surface area contributed by atoms with Gasteiger partial charge in [-0.1, -0.05) is 105 Å². The van der Waals surface area contributed by atoms with Crippen molar-refractivity contribution >= 4 is 0 Å². The molecule has 0 N–H and O–H groups in total. The van der Waals surface area contributed by atoms with E-state index in [1.165, 1.54) is 89.9 Å². The minimum atomic E-state index is 0.917. The van der Waals surface area contributed by atoms with Gasteiger partial charge in [-0.15, -0.1) is 11.8 Å². The van der Waals surface area contributed by atoms with Crippen LogP contribution in [0, 0.1) is 23.7 Å². The Morgan fingerprint density at radius 3 is 1.83 bits per heavy atom. The van der Waals surface area contributed by atoms with Crippen LogP contribution in [-0.2, 0) is 0 Å². The van der Waals surface area contributed by atoms with E-state index in [1.54, 1.807) is 0 Å². The lowest BCUT2D eigenvalue weighted by Gasteiger charge is -2.12. The van der Waals surface area contributed by atoms with Gasteiger partial charge in [-0.2, -0.15) is 0 Å². The van der Waals surface area contributed by atoms with E-state index in [1.807, 2.05) is 0 Å². The summed E-state index contributed by atoms with van der Waals surface area (Å²) >= 11 is 0. The predicted molar refractivity (Wildman–Crippen MR) is 111 cm³/mol. The third-order valence-corrected chi connectivity index (χ3v) is 5.40. The van der Waals surface area contributed by atoms with Crippen LogP contribution in [0.4, 0.5) is 0 Å². The molecule has 0 saturated heterocycles. The minimum absolute atomic E-state index is 0.917. The molecular formula is C24H46. The second kappa shape index (κ2) is 18.9. The van der Waals surface area contributed by atoms with Crippen LogP contribution in [0.1, 0.15) is 130 Å². The molecule has 0 aromatic rings. The molecule has 2 atom stereocenters. The fraction of sp³-hybridized carbons (Fsp3) is 0.917.